The van der Waals surface area contributed by atoms with Gasteiger partial charge in [-0.25, -0.2) is 4.98 Å². The topological polar surface area (TPSA) is 122 Å². The summed E-state index contributed by atoms with van der Waals surface area (Å²) in [6.45, 7) is 0.551. The van der Waals surface area contributed by atoms with Gasteiger partial charge in [0.1, 0.15) is 5.69 Å². The van der Waals surface area contributed by atoms with E-state index in [0.717, 1.165) is 21.7 Å². The summed E-state index contributed by atoms with van der Waals surface area (Å²) in [6.07, 6.45) is 7.52. The lowest BCUT2D eigenvalue weighted by atomic mass is 10.2. The Bertz CT molecular complexity index is 1780. The molecule has 5 aromatic heterocycles. The largest absolute Gasteiger partial charge is 0.310 e. The first-order valence-corrected chi connectivity index (χ1v) is 13.4. The van der Waals surface area contributed by atoms with Crippen LogP contribution in [-0.4, -0.2) is 48.6 Å². The first kappa shape index (κ1) is 25.1. The molecule has 11 heteroatoms. The van der Waals surface area contributed by atoms with E-state index in [2.05, 4.69) is 25.5 Å². The standard InChI is InChI=1S/C29H24N8O2S/c1-36(28(39)22-7-3-5-14-31-22)21-8-9-24-23(16-21)34-29(37(24)15-12-20-6-2-4-13-30-20)35-27(38)26-11-10-25(40-26)19-17-32-33-18-19/h2-11,13-14,16-18H,12,15H2,1H3,(H,32,33)(H,34,35,38). The number of aromatic amines is 1. The monoisotopic (exact) mass is 548 g/mol. The van der Waals surface area contributed by atoms with Gasteiger partial charge in [0.15, 0.2) is 0 Å². The smallest absolute Gasteiger partial charge is 0.276 e. The van der Waals surface area contributed by atoms with Crippen molar-refractivity contribution in [1.29, 1.82) is 0 Å². The third-order valence-electron chi connectivity index (χ3n) is 6.46. The summed E-state index contributed by atoms with van der Waals surface area (Å²) in [6, 6.07) is 20.3. The third kappa shape index (κ3) is 5.09. The van der Waals surface area contributed by atoms with Crippen LogP contribution in [0.3, 0.4) is 0 Å². The van der Waals surface area contributed by atoms with Gasteiger partial charge in [-0.2, -0.15) is 5.10 Å². The average Bonchev–Trinajstić information content (AvgIpc) is 3.76. The Kier molecular flexibility index (Phi) is 6.86. The van der Waals surface area contributed by atoms with Crippen LogP contribution < -0.4 is 10.2 Å². The van der Waals surface area contributed by atoms with Crippen LogP contribution in [0, 0.1) is 0 Å². The van der Waals surface area contributed by atoms with Crippen molar-refractivity contribution in [2.75, 3.05) is 17.3 Å². The van der Waals surface area contributed by atoms with Crippen LogP contribution in [0.5, 0.6) is 0 Å². The van der Waals surface area contributed by atoms with Gasteiger partial charge in [0, 0.05) is 60.4 Å². The molecule has 2 N–H and O–H groups in total. The van der Waals surface area contributed by atoms with Gasteiger partial charge in [-0.1, -0.05) is 12.1 Å². The lowest BCUT2D eigenvalue weighted by Gasteiger charge is -2.17. The number of rotatable bonds is 8. The zero-order valence-corrected chi connectivity index (χ0v) is 22.3. The Hall–Kier alpha value is -5.16. The number of nitrogens with zero attached hydrogens (tertiary/aromatic N) is 6. The van der Waals surface area contributed by atoms with Crippen LogP contribution in [-0.2, 0) is 13.0 Å². The van der Waals surface area contributed by atoms with E-state index in [1.54, 1.807) is 56.1 Å². The van der Waals surface area contributed by atoms with Crippen molar-refractivity contribution in [3.05, 3.63) is 108 Å². The molecule has 10 nitrogen and oxygen atoms in total. The second kappa shape index (κ2) is 10.9. The number of pyridine rings is 2. The highest BCUT2D eigenvalue weighted by atomic mass is 32.1. The van der Waals surface area contributed by atoms with Gasteiger partial charge >= 0.3 is 0 Å². The predicted octanol–water partition coefficient (Wildman–Crippen LogP) is 5.05. The molecular formula is C29H24N8O2S. The molecule has 40 heavy (non-hydrogen) atoms. The SMILES string of the molecule is CN(C(=O)c1ccccn1)c1ccc2c(c1)nc(NC(=O)c1ccc(-c3cn[nH]c3)s1)n2CCc1ccccn1. The predicted molar refractivity (Wildman–Crippen MR) is 154 cm³/mol. The molecule has 6 aromatic rings. The van der Waals surface area contributed by atoms with Crippen LogP contribution in [0.25, 0.3) is 21.5 Å². The fourth-order valence-corrected chi connectivity index (χ4v) is 5.25. The van der Waals surface area contributed by atoms with Crippen LogP contribution in [0.4, 0.5) is 11.6 Å². The van der Waals surface area contributed by atoms with Crippen LogP contribution in [0.2, 0.25) is 0 Å². The number of anilines is 2. The van der Waals surface area contributed by atoms with Gasteiger partial charge in [0.2, 0.25) is 5.95 Å². The molecule has 6 rings (SSSR count). The van der Waals surface area contributed by atoms with Crippen molar-refractivity contribution in [3.63, 3.8) is 0 Å². The molecule has 0 aliphatic heterocycles. The minimum atomic E-state index is -0.253. The van der Waals surface area contributed by atoms with E-state index >= 15 is 0 Å². The highest BCUT2D eigenvalue weighted by molar-refractivity contribution is 7.17. The number of fused-ring (bicyclic) bond motifs is 1. The van der Waals surface area contributed by atoms with E-state index in [9.17, 15) is 9.59 Å². The summed E-state index contributed by atoms with van der Waals surface area (Å²) in [7, 11) is 1.70. The van der Waals surface area contributed by atoms with E-state index < -0.39 is 0 Å². The second-order valence-corrected chi connectivity index (χ2v) is 10.1. The summed E-state index contributed by atoms with van der Waals surface area (Å²) in [4.78, 5) is 42.6. The normalized spacial score (nSPS) is 11.0. The van der Waals surface area contributed by atoms with E-state index in [0.29, 0.717) is 40.7 Å². The van der Waals surface area contributed by atoms with Gasteiger partial charge in [0.25, 0.3) is 11.8 Å². The van der Waals surface area contributed by atoms with Crippen molar-refractivity contribution in [1.82, 2.24) is 29.7 Å². The van der Waals surface area contributed by atoms with Crippen molar-refractivity contribution < 1.29 is 9.59 Å². The summed E-state index contributed by atoms with van der Waals surface area (Å²) >= 11 is 1.38. The molecular weight excluding hydrogens is 524 g/mol. The molecule has 0 aliphatic carbocycles. The summed E-state index contributed by atoms with van der Waals surface area (Å²) < 4.78 is 1.97. The molecule has 5 heterocycles. The van der Waals surface area contributed by atoms with Gasteiger partial charge < -0.3 is 9.47 Å². The van der Waals surface area contributed by atoms with Gasteiger partial charge in [0.05, 0.1) is 22.1 Å². The second-order valence-electron chi connectivity index (χ2n) is 9.02. The fourth-order valence-electron chi connectivity index (χ4n) is 4.36. The quantitative estimate of drug-likeness (QED) is 0.275. The number of hydrogen-bond acceptors (Lipinski definition) is 7. The Morgan fingerprint density at radius 2 is 1.88 bits per heavy atom. The number of carbonyl (C=O) groups excluding carboxylic acids is 2. The Morgan fingerprint density at radius 1 is 1.02 bits per heavy atom. The average molecular weight is 549 g/mol. The maximum atomic E-state index is 13.3. The molecule has 0 saturated carbocycles. The highest BCUT2D eigenvalue weighted by Crippen LogP contribution is 2.29. The molecule has 2 amide bonds. The molecule has 0 atom stereocenters. The number of carbonyl (C=O) groups is 2. The lowest BCUT2D eigenvalue weighted by Crippen LogP contribution is -2.26. The number of benzene rings is 1. The number of thiophene rings is 1. The fraction of sp³-hybridized carbons (Fsp3) is 0.103. The number of imidazole rings is 1. The molecule has 0 saturated heterocycles. The van der Waals surface area contributed by atoms with E-state index in [-0.39, 0.29) is 11.8 Å². The molecule has 0 bridgehead atoms. The van der Waals surface area contributed by atoms with Crippen molar-refractivity contribution >= 4 is 45.8 Å². The van der Waals surface area contributed by atoms with Crippen molar-refractivity contribution in [2.24, 2.45) is 0 Å². The number of nitrogens with one attached hydrogen (secondary N) is 2. The van der Waals surface area contributed by atoms with Crippen LogP contribution >= 0.6 is 11.3 Å². The zero-order chi connectivity index (χ0) is 27.5. The molecule has 198 valence electrons. The molecule has 0 radical (unpaired) electrons. The first-order chi connectivity index (χ1) is 19.6. The highest BCUT2D eigenvalue weighted by Gasteiger charge is 2.19. The summed E-state index contributed by atoms with van der Waals surface area (Å²) in [5.41, 5.74) is 4.35. The van der Waals surface area contributed by atoms with Crippen LogP contribution in [0.1, 0.15) is 25.9 Å². The number of amides is 2. The number of aryl methyl sites for hydroxylation is 2. The molecule has 0 spiro atoms. The minimum Gasteiger partial charge on any atom is -0.310 e. The maximum Gasteiger partial charge on any atom is 0.276 e. The van der Waals surface area contributed by atoms with E-state index in [1.165, 1.54) is 16.2 Å². The Labute approximate surface area is 233 Å². The van der Waals surface area contributed by atoms with Gasteiger partial charge in [-0.15, -0.1) is 11.3 Å². The minimum absolute atomic E-state index is 0.228. The number of hydrogen-bond donors (Lipinski definition) is 2. The van der Waals surface area contributed by atoms with Gasteiger partial charge in [-0.3, -0.25) is 30.0 Å². The third-order valence-corrected chi connectivity index (χ3v) is 7.60. The molecule has 0 aliphatic rings. The number of aromatic nitrogens is 6. The van der Waals surface area contributed by atoms with Crippen molar-refractivity contribution in [3.8, 4) is 10.4 Å². The first-order valence-electron chi connectivity index (χ1n) is 12.6. The molecule has 0 unspecified atom stereocenters. The molecule has 0 fully saturated rings. The lowest BCUT2D eigenvalue weighted by molar-refractivity contribution is 0.0986. The summed E-state index contributed by atoms with van der Waals surface area (Å²) in [5.74, 6) is -0.0592. The Morgan fingerprint density at radius 3 is 2.62 bits per heavy atom. The van der Waals surface area contributed by atoms with Crippen LogP contribution in [0.15, 0.2) is 91.5 Å². The molecule has 1 aromatic carbocycles. The van der Waals surface area contributed by atoms with E-state index in [4.69, 9.17) is 4.98 Å². The Balaban J connectivity index is 1.31. The zero-order valence-electron chi connectivity index (χ0n) is 21.5. The maximum absolute atomic E-state index is 13.3. The number of H-pyrrole nitrogens is 1. The summed E-state index contributed by atoms with van der Waals surface area (Å²) in [5, 5.41) is 9.78. The van der Waals surface area contributed by atoms with Crippen molar-refractivity contribution in [2.45, 2.75) is 13.0 Å². The van der Waals surface area contributed by atoms with Gasteiger partial charge in [-0.05, 0) is 54.6 Å². The van der Waals surface area contributed by atoms with E-state index in [1.807, 2.05) is 47.0 Å².